The van der Waals surface area contributed by atoms with Crippen molar-refractivity contribution in [3.05, 3.63) is 222 Å². The van der Waals surface area contributed by atoms with E-state index >= 15 is 0 Å². The van der Waals surface area contributed by atoms with Crippen molar-refractivity contribution in [1.82, 2.24) is 15.4 Å². The quantitative estimate of drug-likeness (QED) is 0.161. The molecule has 4 heteroatoms. The summed E-state index contributed by atoms with van der Waals surface area (Å²) in [6.07, 6.45) is 0.823. The minimum Gasteiger partial charge on any atom is -0.456 e. The van der Waals surface area contributed by atoms with Crippen LogP contribution in [0.2, 0.25) is 0 Å². The predicted octanol–water partition coefficient (Wildman–Crippen LogP) is 15.6. The maximum atomic E-state index is 6.74. The van der Waals surface area contributed by atoms with E-state index in [9.17, 15) is 0 Å². The Morgan fingerprint density at radius 3 is 1.75 bits per heavy atom. The molecule has 64 heavy (non-hydrogen) atoms. The fourth-order valence-corrected chi connectivity index (χ4v) is 10.2. The standard InChI is InChI=1S/C60H41N3O/c1-37-35-50-44-27-13-12-25-42(44)36-51(50)54(38(37)2)60-55(41-23-10-5-11-24-41)59(61-63-62-60)49-31-18-30-45(40-21-8-4-9-22-40)56(49)58-47(33-34-53-57(58)48-29-16-17-32-52(48)64-53)46-28-15-14-26-43(46)39-19-6-3-7-20-39/h3-35H,36H2,1-2H3. The molecular weight excluding hydrogens is 779 g/mol. The van der Waals surface area contributed by atoms with Crippen molar-refractivity contribution in [2.24, 2.45) is 0 Å². The van der Waals surface area contributed by atoms with Crippen LogP contribution in [0.3, 0.4) is 0 Å². The molecule has 12 rings (SSSR count). The summed E-state index contributed by atoms with van der Waals surface area (Å²) in [5, 5.41) is 17.0. The van der Waals surface area contributed by atoms with Crippen molar-refractivity contribution < 1.29 is 4.42 Å². The van der Waals surface area contributed by atoms with E-state index in [1.807, 2.05) is 6.07 Å². The Morgan fingerprint density at radius 1 is 0.391 bits per heavy atom. The average molecular weight is 820 g/mol. The molecule has 0 saturated heterocycles. The number of rotatable bonds is 7. The van der Waals surface area contributed by atoms with E-state index < -0.39 is 0 Å². The largest absolute Gasteiger partial charge is 0.456 e. The molecule has 2 heterocycles. The summed E-state index contributed by atoms with van der Waals surface area (Å²) >= 11 is 0. The molecule has 1 aliphatic rings. The molecule has 0 atom stereocenters. The Morgan fingerprint density at radius 2 is 0.984 bits per heavy atom. The van der Waals surface area contributed by atoms with Gasteiger partial charge in [-0.05, 0) is 116 Å². The van der Waals surface area contributed by atoms with Gasteiger partial charge in [0.05, 0.1) is 0 Å². The van der Waals surface area contributed by atoms with Crippen LogP contribution in [0.5, 0.6) is 0 Å². The van der Waals surface area contributed by atoms with E-state index in [0.29, 0.717) is 0 Å². The lowest BCUT2D eigenvalue weighted by molar-refractivity contribution is 0.669. The van der Waals surface area contributed by atoms with Crippen LogP contribution in [0.25, 0.3) is 111 Å². The summed E-state index contributed by atoms with van der Waals surface area (Å²) in [4.78, 5) is 0. The van der Waals surface area contributed by atoms with Gasteiger partial charge < -0.3 is 4.42 Å². The normalized spacial score (nSPS) is 11.8. The highest BCUT2D eigenvalue weighted by atomic mass is 16.3. The first-order valence-electron chi connectivity index (χ1n) is 21.9. The first-order valence-corrected chi connectivity index (χ1v) is 21.9. The summed E-state index contributed by atoms with van der Waals surface area (Å²) in [5.74, 6) is 0. The molecule has 1 aliphatic carbocycles. The van der Waals surface area contributed by atoms with Gasteiger partial charge in [0.2, 0.25) is 0 Å². The van der Waals surface area contributed by atoms with Gasteiger partial charge in [-0.15, -0.1) is 10.2 Å². The van der Waals surface area contributed by atoms with Crippen LogP contribution in [0.1, 0.15) is 22.3 Å². The third-order valence-corrected chi connectivity index (χ3v) is 13.2. The lowest BCUT2D eigenvalue weighted by atomic mass is 9.80. The number of nitrogens with zero attached hydrogens (tertiary/aromatic N) is 3. The molecule has 0 radical (unpaired) electrons. The summed E-state index contributed by atoms with van der Waals surface area (Å²) in [6, 6.07) is 71.3. The molecule has 11 aromatic rings. The zero-order valence-electron chi connectivity index (χ0n) is 35.5. The number of aromatic nitrogens is 3. The molecule has 0 unspecified atom stereocenters. The van der Waals surface area contributed by atoms with Crippen molar-refractivity contribution in [3.63, 3.8) is 0 Å². The summed E-state index contributed by atoms with van der Waals surface area (Å²) < 4.78 is 6.74. The highest BCUT2D eigenvalue weighted by Crippen LogP contribution is 2.53. The topological polar surface area (TPSA) is 51.8 Å². The van der Waals surface area contributed by atoms with Crippen molar-refractivity contribution in [2.45, 2.75) is 20.3 Å². The molecule has 2 aromatic heterocycles. The number of para-hydroxylation sites is 1. The molecule has 0 fully saturated rings. The molecule has 302 valence electrons. The Bertz CT molecular complexity index is 3590. The van der Waals surface area contributed by atoms with Gasteiger partial charge >= 0.3 is 0 Å². The molecule has 0 aliphatic heterocycles. The van der Waals surface area contributed by atoms with Gasteiger partial charge in [-0.25, -0.2) is 0 Å². The van der Waals surface area contributed by atoms with Gasteiger partial charge in [0.1, 0.15) is 22.6 Å². The number of aryl methyl sites for hydroxylation is 1. The van der Waals surface area contributed by atoms with Crippen LogP contribution in [0.15, 0.2) is 205 Å². The highest BCUT2D eigenvalue weighted by molar-refractivity contribution is 6.20. The molecule has 0 bridgehead atoms. The maximum absolute atomic E-state index is 6.74. The first-order chi connectivity index (χ1) is 31.6. The minimum absolute atomic E-state index is 0.765. The van der Waals surface area contributed by atoms with Crippen LogP contribution in [0.4, 0.5) is 0 Å². The molecular formula is C60H41N3O. The number of hydrogen-bond acceptors (Lipinski definition) is 4. The Balaban J connectivity index is 1.24. The summed E-state index contributed by atoms with van der Waals surface area (Å²) in [6.45, 7) is 4.44. The Hall–Kier alpha value is -8.21. The van der Waals surface area contributed by atoms with Crippen molar-refractivity contribution in [3.8, 4) is 89.3 Å². The third-order valence-electron chi connectivity index (χ3n) is 13.2. The fourth-order valence-electron chi connectivity index (χ4n) is 10.2. The lowest BCUT2D eigenvalue weighted by Gasteiger charge is -2.23. The van der Waals surface area contributed by atoms with E-state index in [1.54, 1.807) is 0 Å². The van der Waals surface area contributed by atoms with Crippen LogP contribution in [0, 0.1) is 13.8 Å². The van der Waals surface area contributed by atoms with Gasteiger partial charge in [0.15, 0.2) is 0 Å². The van der Waals surface area contributed by atoms with Crippen molar-refractivity contribution >= 4 is 21.9 Å². The molecule has 0 saturated carbocycles. The third kappa shape index (κ3) is 6.02. The van der Waals surface area contributed by atoms with E-state index in [-0.39, 0.29) is 0 Å². The number of hydrogen-bond donors (Lipinski definition) is 0. The molecule has 4 nitrogen and oxygen atoms in total. The minimum atomic E-state index is 0.765. The fraction of sp³-hybridized carbons (Fsp3) is 0.0500. The van der Waals surface area contributed by atoms with Gasteiger partial charge in [0, 0.05) is 38.6 Å². The monoisotopic (exact) mass is 819 g/mol. The average Bonchev–Trinajstić information content (AvgIpc) is 3.93. The molecule has 0 spiro atoms. The number of fused-ring (bicyclic) bond motifs is 6. The van der Waals surface area contributed by atoms with Crippen LogP contribution < -0.4 is 0 Å². The van der Waals surface area contributed by atoms with Crippen molar-refractivity contribution in [2.75, 3.05) is 0 Å². The van der Waals surface area contributed by atoms with Gasteiger partial charge in [0.25, 0.3) is 0 Å². The first kappa shape index (κ1) is 37.5. The Labute approximate surface area is 372 Å². The van der Waals surface area contributed by atoms with E-state index in [1.165, 1.54) is 33.4 Å². The molecule has 0 amide bonds. The van der Waals surface area contributed by atoms with Crippen LogP contribution in [-0.2, 0) is 6.42 Å². The number of furan rings is 1. The summed E-state index contributed by atoms with van der Waals surface area (Å²) in [7, 11) is 0. The van der Waals surface area contributed by atoms with Crippen LogP contribution >= 0.6 is 0 Å². The van der Waals surface area contributed by atoms with Gasteiger partial charge in [-0.2, -0.15) is 0 Å². The summed E-state index contributed by atoms with van der Waals surface area (Å²) in [5.41, 5.74) is 23.7. The van der Waals surface area contributed by atoms with Crippen molar-refractivity contribution in [1.29, 1.82) is 0 Å². The van der Waals surface area contributed by atoms with Crippen LogP contribution in [-0.4, -0.2) is 15.4 Å². The predicted molar refractivity (Wildman–Crippen MR) is 263 cm³/mol. The van der Waals surface area contributed by atoms with E-state index in [0.717, 1.165) is 107 Å². The maximum Gasteiger partial charge on any atom is 0.136 e. The second-order valence-corrected chi connectivity index (χ2v) is 16.7. The zero-order valence-corrected chi connectivity index (χ0v) is 35.5. The second-order valence-electron chi connectivity index (χ2n) is 16.7. The Kier molecular flexibility index (Phi) is 8.98. The SMILES string of the molecule is Cc1cc2c(c(-c3nnnc(-c4cccc(-c5ccccc5)c4-c4c(-c5ccccc5-c5ccccc5)ccc5oc6ccccc6c45)c3-c3ccccc3)c1C)Cc1ccccc1-2. The van der Waals surface area contributed by atoms with E-state index in [2.05, 4.69) is 208 Å². The van der Waals surface area contributed by atoms with Gasteiger partial charge in [-0.3, -0.25) is 0 Å². The smallest absolute Gasteiger partial charge is 0.136 e. The van der Waals surface area contributed by atoms with Gasteiger partial charge in [-0.1, -0.05) is 182 Å². The highest BCUT2D eigenvalue weighted by Gasteiger charge is 2.31. The number of benzene rings is 9. The molecule has 9 aromatic carbocycles. The second kappa shape index (κ2) is 15.3. The molecule has 0 N–H and O–H groups in total. The zero-order chi connectivity index (χ0) is 42.7. The van der Waals surface area contributed by atoms with E-state index in [4.69, 9.17) is 19.8 Å². The lowest BCUT2D eigenvalue weighted by Crippen LogP contribution is -2.05.